The number of aliphatic hydroxyl groups excluding tert-OH is 1. The van der Waals surface area contributed by atoms with Crippen LogP contribution in [-0.2, 0) is 4.79 Å². The standard InChI is InChI=1S/C22H22F3N3O4/c23-22(24,25)14-27(8-4-9-29)13-21(30)28-17(19-7-3-10-31-19)12-16(26-28)20-11-15-5-1-2-6-18(15)32-20/h1-3,5-7,10-11,17,29H,4,8-9,12-14H2. The minimum absolute atomic E-state index is 0.0683. The predicted molar refractivity (Wildman–Crippen MR) is 110 cm³/mol. The zero-order valence-electron chi connectivity index (χ0n) is 17.1. The summed E-state index contributed by atoms with van der Waals surface area (Å²) in [5.41, 5.74) is 1.18. The summed E-state index contributed by atoms with van der Waals surface area (Å²) < 4.78 is 50.2. The molecular formula is C22H22F3N3O4. The summed E-state index contributed by atoms with van der Waals surface area (Å²) >= 11 is 0. The summed E-state index contributed by atoms with van der Waals surface area (Å²) in [5.74, 6) is 0.371. The molecule has 3 aromatic rings. The van der Waals surface area contributed by atoms with Crippen LogP contribution in [0.3, 0.4) is 0 Å². The second-order valence-corrected chi connectivity index (χ2v) is 7.57. The molecular weight excluding hydrogens is 427 g/mol. The molecule has 0 fully saturated rings. The summed E-state index contributed by atoms with van der Waals surface area (Å²) in [6, 6.07) is 12.0. The number of benzene rings is 1. The lowest BCUT2D eigenvalue weighted by atomic mass is 10.1. The van der Waals surface area contributed by atoms with Crippen LogP contribution in [0.25, 0.3) is 11.0 Å². The molecule has 0 radical (unpaired) electrons. The molecule has 1 atom stereocenters. The third-order valence-electron chi connectivity index (χ3n) is 5.14. The number of carbonyl (C=O) groups is 1. The van der Waals surface area contributed by atoms with Gasteiger partial charge >= 0.3 is 6.18 Å². The number of fused-ring (bicyclic) bond motifs is 1. The summed E-state index contributed by atoms with van der Waals surface area (Å²) in [6.07, 6.45) is -2.58. The molecule has 1 aromatic carbocycles. The van der Waals surface area contributed by atoms with Crippen LogP contribution in [0.2, 0.25) is 0 Å². The van der Waals surface area contributed by atoms with Crippen molar-refractivity contribution in [2.75, 3.05) is 26.2 Å². The molecule has 1 aliphatic rings. The van der Waals surface area contributed by atoms with Gasteiger partial charge in [-0.15, -0.1) is 0 Å². The lowest BCUT2D eigenvalue weighted by Gasteiger charge is -2.26. The average molecular weight is 449 g/mol. The van der Waals surface area contributed by atoms with Gasteiger partial charge in [-0.3, -0.25) is 9.69 Å². The second-order valence-electron chi connectivity index (χ2n) is 7.57. The number of halogens is 3. The first-order chi connectivity index (χ1) is 15.3. The van der Waals surface area contributed by atoms with E-state index in [1.165, 1.54) is 11.3 Å². The first-order valence-corrected chi connectivity index (χ1v) is 10.2. The Morgan fingerprint density at radius 3 is 2.75 bits per heavy atom. The van der Waals surface area contributed by atoms with E-state index in [2.05, 4.69) is 5.10 Å². The van der Waals surface area contributed by atoms with Crippen molar-refractivity contribution in [1.29, 1.82) is 0 Å². The van der Waals surface area contributed by atoms with Crippen molar-refractivity contribution in [1.82, 2.24) is 9.91 Å². The summed E-state index contributed by atoms with van der Waals surface area (Å²) in [7, 11) is 0. The molecule has 0 bridgehead atoms. The van der Waals surface area contributed by atoms with Crippen LogP contribution in [0.4, 0.5) is 13.2 Å². The Morgan fingerprint density at radius 2 is 2.06 bits per heavy atom. The number of hydrogen-bond acceptors (Lipinski definition) is 6. The molecule has 3 heterocycles. The Morgan fingerprint density at radius 1 is 1.25 bits per heavy atom. The number of alkyl halides is 3. The van der Waals surface area contributed by atoms with Crippen molar-refractivity contribution in [2.24, 2.45) is 5.10 Å². The van der Waals surface area contributed by atoms with Gasteiger partial charge in [0.1, 0.15) is 23.1 Å². The summed E-state index contributed by atoms with van der Waals surface area (Å²) in [6.45, 7) is -2.08. The van der Waals surface area contributed by atoms with Gasteiger partial charge in [-0.1, -0.05) is 18.2 Å². The SMILES string of the molecule is O=C(CN(CCCO)CC(F)(F)F)N1N=C(c2cc3ccccc3o2)CC1c1ccco1. The molecule has 4 rings (SSSR count). The maximum Gasteiger partial charge on any atom is 0.401 e. The second kappa shape index (κ2) is 9.17. The van der Waals surface area contributed by atoms with E-state index in [0.29, 0.717) is 29.2 Å². The predicted octanol–water partition coefficient (Wildman–Crippen LogP) is 3.95. The molecule has 10 heteroatoms. The smallest absolute Gasteiger partial charge is 0.401 e. The molecule has 170 valence electrons. The summed E-state index contributed by atoms with van der Waals surface area (Å²) in [5, 5.41) is 15.5. The highest BCUT2D eigenvalue weighted by Crippen LogP contribution is 2.34. The minimum Gasteiger partial charge on any atom is -0.467 e. The number of hydrazone groups is 1. The van der Waals surface area contributed by atoms with Gasteiger partial charge in [0.25, 0.3) is 5.91 Å². The number of rotatable bonds is 8. The zero-order valence-corrected chi connectivity index (χ0v) is 17.1. The van der Waals surface area contributed by atoms with Crippen molar-refractivity contribution in [3.8, 4) is 0 Å². The maximum atomic E-state index is 13.0. The number of aliphatic hydroxyl groups is 1. The molecule has 0 saturated carbocycles. The van der Waals surface area contributed by atoms with Crippen molar-refractivity contribution in [3.63, 3.8) is 0 Å². The number of para-hydroxylation sites is 1. The van der Waals surface area contributed by atoms with Gasteiger partial charge in [-0.05, 0) is 30.7 Å². The Kier molecular flexibility index (Phi) is 6.33. The van der Waals surface area contributed by atoms with Crippen molar-refractivity contribution in [3.05, 3.63) is 60.2 Å². The number of nitrogens with zero attached hydrogens (tertiary/aromatic N) is 3. The molecule has 7 nitrogen and oxygen atoms in total. The molecule has 0 saturated heterocycles. The number of hydrogen-bond donors (Lipinski definition) is 1. The van der Waals surface area contributed by atoms with Gasteiger partial charge in [0, 0.05) is 25.0 Å². The third-order valence-corrected chi connectivity index (χ3v) is 5.14. The zero-order chi connectivity index (χ0) is 22.7. The summed E-state index contributed by atoms with van der Waals surface area (Å²) in [4.78, 5) is 14.0. The van der Waals surface area contributed by atoms with Crippen molar-refractivity contribution < 1.29 is 31.9 Å². The number of amides is 1. The van der Waals surface area contributed by atoms with E-state index in [1.54, 1.807) is 12.1 Å². The molecule has 0 aliphatic carbocycles. The highest BCUT2D eigenvalue weighted by atomic mass is 19.4. The van der Waals surface area contributed by atoms with Gasteiger partial charge in [0.2, 0.25) is 0 Å². The van der Waals surface area contributed by atoms with Crippen molar-refractivity contribution in [2.45, 2.75) is 25.1 Å². The van der Waals surface area contributed by atoms with E-state index in [-0.39, 0.29) is 19.6 Å². The van der Waals surface area contributed by atoms with E-state index in [9.17, 15) is 18.0 Å². The van der Waals surface area contributed by atoms with E-state index in [0.717, 1.165) is 10.3 Å². The lowest BCUT2D eigenvalue weighted by Crippen LogP contribution is -2.43. The van der Waals surface area contributed by atoms with E-state index >= 15 is 0 Å². The first-order valence-electron chi connectivity index (χ1n) is 10.2. The largest absolute Gasteiger partial charge is 0.467 e. The van der Waals surface area contributed by atoms with Gasteiger partial charge in [0.15, 0.2) is 5.76 Å². The molecule has 1 aliphatic heterocycles. The van der Waals surface area contributed by atoms with Crippen LogP contribution in [0.15, 0.2) is 62.7 Å². The number of furan rings is 2. The molecule has 1 N–H and O–H groups in total. The third kappa shape index (κ3) is 5.03. The van der Waals surface area contributed by atoms with Gasteiger partial charge in [-0.25, -0.2) is 5.01 Å². The maximum absolute atomic E-state index is 13.0. The lowest BCUT2D eigenvalue weighted by molar-refractivity contribution is -0.152. The van der Waals surface area contributed by atoms with Crippen molar-refractivity contribution >= 4 is 22.6 Å². The van der Waals surface area contributed by atoms with Crippen LogP contribution < -0.4 is 0 Å². The van der Waals surface area contributed by atoms with Crippen LogP contribution in [0.5, 0.6) is 0 Å². The van der Waals surface area contributed by atoms with Gasteiger partial charge in [-0.2, -0.15) is 18.3 Å². The van der Waals surface area contributed by atoms with Crippen LogP contribution in [0.1, 0.15) is 30.4 Å². The highest BCUT2D eigenvalue weighted by molar-refractivity contribution is 6.03. The topological polar surface area (TPSA) is 82.4 Å². The fraction of sp³-hybridized carbons (Fsp3) is 0.364. The van der Waals surface area contributed by atoms with Crippen LogP contribution >= 0.6 is 0 Å². The van der Waals surface area contributed by atoms with Gasteiger partial charge in [0.05, 0.1) is 19.4 Å². The van der Waals surface area contributed by atoms with E-state index in [1.807, 2.05) is 30.3 Å². The van der Waals surface area contributed by atoms with Crippen LogP contribution in [0, 0.1) is 0 Å². The molecule has 2 aromatic heterocycles. The first kappa shape index (κ1) is 22.1. The van der Waals surface area contributed by atoms with E-state index in [4.69, 9.17) is 13.9 Å². The Bertz CT molecular complexity index is 1060. The fourth-order valence-corrected chi connectivity index (χ4v) is 3.74. The molecule has 1 unspecified atom stereocenters. The van der Waals surface area contributed by atoms with E-state index < -0.39 is 31.2 Å². The monoisotopic (exact) mass is 449 g/mol. The molecule has 1 amide bonds. The Balaban J connectivity index is 1.59. The molecule has 32 heavy (non-hydrogen) atoms. The Labute approximate surface area is 181 Å². The normalized spacial score (nSPS) is 16.8. The Hall–Kier alpha value is -3.11. The average Bonchev–Trinajstić information content (AvgIpc) is 3.49. The fourth-order valence-electron chi connectivity index (χ4n) is 3.74. The minimum atomic E-state index is -4.47. The molecule has 0 spiro atoms. The number of carbonyl (C=O) groups excluding carboxylic acids is 1. The quantitative estimate of drug-likeness (QED) is 0.563. The highest BCUT2D eigenvalue weighted by Gasteiger charge is 2.38. The van der Waals surface area contributed by atoms with Crippen LogP contribution in [-0.4, -0.2) is 59.1 Å². The van der Waals surface area contributed by atoms with Gasteiger partial charge < -0.3 is 13.9 Å².